The number of nitrogens with one attached hydrogen (secondary N) is 1. The number of rotatable bonds is 10. The summed E-state index contributed by atoms with van der Waals surface area (Å²) in [6.45, 7) is 0.347. The normalized spacial score (nSPS) is 12.7. The Bertz CT molecular complexity index is 1420. The predicted molar refractivity (Wildman–Crippen MR) is 124 cm³/mol. The van der Waals surface area contributed by atoms with Crippen molar-refractivity contribution < 1.29 is 41.8 Å². The van der Waals surface area contributed by atoms with E-state index in [0.717, 1.165) is 4.57 Å². The minimum Gasteiger partial charge on any atom is -0.481 e. The third-order valence-corrected chi connectivity index (χ3v) is 5.67. The third-order valence-electron chi connectivity index (χ3n) is 5.43. The van der Waals surface area contributed by atoms with Crippen molar-refractivity contribution in [2.45, 2.75) is 31.8 Å². The average Bonchev–Trinajstić information content (AvgIpc) is 2.84. The molecule has 0 radical (unpaired) electrons. The molecule has 0 saturated carbocycles. The van der Waals surface area contributed by atoms with Gasteiger partial charge in [-0.3, -0.25) is 19.2 Å². The van der Waals surface area contributed by atoms with Crippen LogP contribution in [0.5, 0.6) is 5.75 Å². The first-order valence-corrected chi connectivity index (χ1v) is 11.1. The number of carboxylic acids is 1. The van der Waals surface area contributed by atoms with Crippen LogP contribution < -0.4 is 15.6 Å². The molecule has 3 aromatic rings. The third kappa shape index (κ3) is 6.08. The number of hydrogen-bond donors (Lipinski definition) is 2. The van der Waals surface area contributed by atoms with Gasteiger partial charge in [-0.25, -0.2) is 8.78 Å². The van der Waals surface area contributed by atoms with Gasteiger partial charge in [-0.15, -0.1) is 0 Å². The number of ether oxygens (including phenoxy) is 1. The fourth-order valence-electron chi connectivity index (χ4n) is 3.59. The molecule has 37 heavy (non-hydrogen) atoms. The number of ketones is 1. The summed E-state index contributed by atoms with van der Waals surface area (Å²) in [6, 6.07) is 3.20. The van der Waals surface area contributed by atoms with Crippen LogP contribution in [-0.2, 0) is 14.4 Å². The van der Waals surface area contributed by atoms with Crippen LogP contribution in [0.1, 0.15) is 25.8 Å². The summed E-state index contributed by atoms with van der Waals surface area (Å²) in [5.74, 6) is -12.4. The van der Waals surface area contributed by atoms with Crippen LogP contribution in [-0.4, -0.2) is 40.0 Å². The maximum atomic E-state index is 13.8. The lowest BCUT2D eigenvalue weighted by molar-refractivity contribution is -0.140. The summed E-state index contributed by atoms with van der Waals surface area (Å²) in [4.78, 5) is 49.8. The van der Waals surface area contributed by atoms with E-state index in [1.54, 1.807) is 25.1 Å². The molecule has 2 unspecified atom stereocenters. The highest BCUT2D eigenvalue weighted by molar-refractivity contribution is 6.31. The van der Waals surface area contributed by atoms with Crippen molar-refractivity contribution in [3.8, 4) is 5.75 Å². The second-order valence-corrected chi connectivity index (χ2v) is 8.33. The van der Waals surface area contributed by atoms with Gasteiger partial charge in [0, 0.05) is 22.7 Å². The number of amides is 1. The standard InChI is InChI=1S/C24H19ClF4N2O6/c1-2-17(31-6-5-11-3-4-12(25)7-13(11)24(31)36)23(35)30-16(9-19(33)34)18(32)10-37-22-20(28)14(26)8-15(27)21(22)29/h3-8,16-17H,2,9-10H2,1H3,(H,30,35)(H,33,34). The van der Waals surface area contributed by atoms with Gasteiger partial charge in [0.1, 0.15) is 18.7 Å². The largest absolute Gasteiger partial charge is 0.481 e. The Kier molecular flexibility index (Phi) is 8.53. The molecule has 0 fully saturated rings. The van der Waals surface area contributed by atoms with Gasteiger partial charge in [0.15, 0.2) is 23.2 Å². The number of benzene rings is 2. The Labute approximate surface area is 211 Å². The molecular weight excluding hydrogens is 524 g/mol. The summed E-state index contributed by atoms with van der Waals surface area (Å²) in [7, 11) is 0. The van der Waals surface area contributed by atoms with E-state index in [4.69, 9.17) is 16.7 Å². The van der Waals surface area contributed by atoms with Crippen LogP contribution in [0.3, 0.4) is 0 Å². The van der Waals surface area contributed by atoms with E-state index in [-0.39, 0.29) is 22.9 Å². The number of fused-ring (bicyclic) bond motifs is 1. The average molecular weight is 543 g/mol. The maximum absolute atomic E-state index is 13.8. The van der Waals surface area contributed by atoms with E-state index in [9.17, 15) is 36.7 Å². The molecule has 0 bridgehead atoms. The van der Waals surface area contributed by atoms with Crippen LogP contribution >= 0.6 is 11.6 Å². The number of Topliss-reactive ketones (excluding diaryl/α,β-unsaturated/α-hetero) is 1. The van der Waals surface area contributed by atoms with Crippen molar-refractivity contribution >= 4 is 40.0 Å². The van der Waals surface area contributed by atoms with Crippen LogP contribution in [0.15, 0.2) is 41.3 Å². The lowest BCUT2D eigenvalue weighted by atomic mass is 10.1. The van der Waals surface area contributed by atoms with E-state index in [2.05, 4.69) is 10.1 Å². The molecule has 1 amide bonds. The van der Waals surface area contributed by atoms with Crippen molar-refractivity contribution in [1.29, 1.82) is 0 Å². The van der Waals surface area contributed by atoms with E-state index in [1.165, 1.54) is 12.3 Å². The first kappa shape index (κ1) is 27.7. The first-order valence-electron chi connectivity index (χ1n) is 10.8. The Morgan fingerprint density at radius 1 is 1.08 bits per heavy atom. The van der Waals surface area contributed by atoms with Crippen molar-refractivity contribution in [2.24, 2.45) is 0 Å². The molecule has 0 saturated heterocycles. The van der Waals surface area contributed by atoms with Crippen molar-refractivity contribution in [3.05, 3.63) is 75.2 Å². The molecule has 0 aliphatic carbocycles. The Morgan fingerprint density at radius 2 is 1.73 bits per heavy atom. The summed E-state index contributed by atoms with van der Waals surface area (Å²) in [6.07, 6.45) is 0.462. The molecule has 1 heterocycles. The topological polar surface area (TPSA) is 115 Å². The molecule has 2 aromatic carbocycles. The SMILES string of the molecule is CCC(C(=O)NC(CC(=O)O)C(=O)COc1c(F)c(F)cc(F)c1F)n1ccc2ccc(Cl)cc2c1=O. The number of carbonyl (C=O) groups is 3. The van der Waals surface area contributed by atoms with Gasteiger partial charge in [0.2, 0.25) is 17.5 Å². The van der Waals surface area contributed by atoms with Gasteiger partial charge in [-0.2, -0.15) is 8.78 Å². The number of aromatic nitrogens is 1. The fourth-order valence-corrected chi connectivity index (χ4v) is 3.76. The molecule has 0 aliphatic heterocycles. The fraction of sp³-hybridized carbons (Fsp3) is 0.250. The second-order valence-electron chi connectivity index (χ2n) is 7.90. The van der Waals surface area contributed by atoms with Gasteiger partial charge in [-0.05, 0) is 30.0 Å². The summed E-state index contributed by atoms with van der Waals surface area (Å²) in [5.41, 5.74) is -0.564. The molecule has 0 spiro atoms. The highest BCUT2D eigenvalue weighted by Gasteiger charge is 2.30. The van der Waals surface area contributed by atoms with E-state index in [1.807, 2.05) is 0 Å². The summed E-state index contributed by atoms with van der Waals surface area (Å²) < 4.78 is 60.0. The molecular formula is C24H19ClF4N2O6. The van der Waals surface area contributed by atoms with Gasteiger partial charge >= 0.3 is 5.97 Å². The number of aliphatic carboxylic acids is 1. The number of halogens is 5. The van der Waals surface area contributed by atoms with Gasteiger partial charge in [0.25, 0.3) is 5.56 Å². The van der Waals surface area contributed by atoms with Crippen molar-refractivity contribution in [1.82, 2.24) is 9.88 Å². The second kappa shape index (κ2) is 11.4. The number of carboxylic acid groups (broad SMARTS) is 1. The smallest absolute Gasteiger partial charge is 0.305 e. The molecule has 13 heteroatoms. The summed E-state index contributed by atoms with van der Waals surface area (Å²) >= 11 is 5.96. The number of pyridine rings is 1. The predicted octanol–water partition coefficient (Wildman–Crippen LogP) is 3.77. The van der Waals surface area contributed by atoms with E-state index < -0.39 is 77.3 Å². The zero-order chi connectivity index (χ0) is 27.4. The quantitative estimate of drug-likeness (QED) is 0.298. The monoisotopic (exact) mass is 542 g/mol. The van der Waals surface area contributed by atoms with Gasteiger partial charge in [0.05, 0.1) is 6.42 Å². The highest BCUT2D eigenvalue weighted by atomic mass is 35.5. The van der Waals surface area contributed by atoms with Crippen LogP contribution in [0, 0.1) is 23.3 Å². The van der Waals surface area contributed by atoms with Crippen molar-refractivity contribution in [3.63, 3.8) is 0 Å². The van der Waals surface area contributed by atoms with Crippen molar-refractivity contribution in [2.75, 3.05) is 6.61 Å². The van der Waals surface area contributed by atoms with E-state index >= 15 is 0 Å². The Balaban J connectivity index is 1.84. The number of carbonyl (C=O) groups excluding carboxylic acids is 2. The Morgan fingerprint density at radius 3 is 2.32 bits per heavy atom. The zero-order valence-electron chi connectivity index (χ0n) is 19.1. The zero-order valence-corrected chi connectivity index (χ0v) is 19.8. The lowest BCUT2D eigenvalue weighted by Crippen LogP contribution is -2.47. The first-order chi connectivity index (χ1) is 17.4. The van der Waals surface area contributed by atoms with E-state index in [0.29, 0.717) is 5.39 Å². The number of nitrogens with zero attached hydrogens (tertiary/aromatic N) is 1. The van der Waals surface area contributed by atoms with Crippen LogP contribution in [0.4, 0.5) is 17.6 Å². The molecule has 1 aromatic heterocycles. The van der Waals surface area contributed by atoms with Gasteiger partial charge < -0.3 is 19.7 Å². The minimum atomic E-state index is -1.90. The molecule has 8 nitrogen and oxygen atoms in total. The molecule has 2 atom stereocenters. The lowest BCUT2D eigenvalue weighted by Gasteiger charge is -2.22. The molecule has 196 valence electrons. The maximum Gasteiger partial charge on any atom is 0.305 e. The summed E-state index contributed by atoms with van der Waals surface area (Å²) in [5, 5.41) is 12.4. The Hall–Kier alpha value is -3.93. The molecule has 3 rings (SSSR count). The van der Waals surface area contributed by atoms with Crippen LogP contribution in [0.25, 0.3) is 10.8 Å². The number of hydrogen-bond acceptors (Lipinski definition) is 5. The molecule has 0 aliphatic rings. The van der Waals surface area contributed by atoms with Crippen LogP contribution in [0.2, 0.25) is 5.02 Å². The minimum absolute atomic E-state index is 0.0552. The molecule has 2 N–H and O–H groups in total. The highest BCUT2D eigenvalue weighted by Crippen LogP contribution is 2.26. The van der Waals surface area contributed by atoms with Gasteiger partial charge in [-0.1, -0.05) is 24.6 Å².